The predicted octanol–water partition coefficient (Wildman–Crippen LogP) is 4.22. The van der Waals surface area contributed by atoms with E-state index in [2.05, 4.69) is 4.74 Å². The third-order valence-electron chi connectivity index (χ3n) is 3.12. The van der Waals surface area contributed by atoms with Gasteiger partial charge in [0.05, 0.1) is 10.6 Å². The Kier molecular flexibility index (Phi) is 5.64. The normalized spacial score (nSPS) is 11.4. The van der Waals surface area contributed by atoms with E-state index in [0.717, 1.165) is 18.2 Å². The molecule has 0 atom stereocenters. The summed E-state index contributed by atoms with van der Waals surface area (Å²) in [6.07, 6.45) is 0. The second-order valence-corrected chi connectivity index (χ2v) is 7.02. The summed E-state index contributed by atoms with van der Waals surface area (Å²) in [5.41, 5.74) is 0.784. The lowest BCUT2D eigenvalue weighted by molar-refractivity contribution is -0.0498. The number of halogens is 3. The second kappa shape index (κ2) is 7.37. The molecule has 2 aromatic carbocycles. The van der Waals surface area contributed by atoms with E-state index >= 15 is 0 Å². The first-order valence-electron chi connectivity index (χ1n) is 6.90. The van der Waals surface area contributed by atoms with Gasteiger partial charge in [0.1, 0.15) is 10.6 Å². The van der Waals surface area contributed by atoms with Crippen LogP contribution in [0, 0.1) is 6.92 Å². The molecule has 0 radical (unpaired) electrons. The topological polar surface area (TPSA) is 69.7 Å². The van der Waals surface area contributed by atoms with Gasteiger partial charge in [-0.1, -0.05) is 17.7 Å². The van der Waals surface area contributed by atoms with Gasteiger partial charge < -0.3 is 8.92 Å². The number of hydrogen-bond acceptors (Lipinski definition) is 5. The zero-order valence-electron chi connectivity index (χ0n) is 13.1. The molecular formula is C16H13ClF2O5S. The Labute approximate surface area is 148 Å². The summed E-state index contributed by atoms with van der Waals surface area (Å²) in [4.78, 5) is 11.3. The lowest BCUT2D eigenvalue weighted by Gasteiger charge is -2.12. The van der Waals surface area contributed by atoms with Gasteiger partial charge in [0.25, 0.3) is 0 Å². The summed E-state index contributed by atoms with van der Waals surface area (Å²) < 4.78 is 58.4. The number of benzene rings is 2. The van der Waals surface area contributed by atoms with Crippen LogP contribution in [0.25, 0.3) is 0 Å². The lowest BCUT2D eigenvalue weighted by Crippen LogP contribution is -2.12. The third kappa shape index (κ3) is 4.67. The maximum Gasteiger partial charge on any atom is 0.387 e. The van der Waals surface area contributed by atoms with Gasteiger partial charge in [-0.2, -0.15) is 17.2 Å². The van der Waals surface area contributed by atoms with Crippen molar-refractivity contribution in [3.8, 4) is 11.5 Å². The fraction of sp³-hybridized carbons (Fsp3) is 0.188. The van der Waals surface area contributed by atoms with Gasteiger partial charge in [-0.15, -0.1) is 0 Å². The summed E-state index contributed by atoms with van der Waals surface area (Å²) in [5.74, 6) is -0.865. The van der Waals surface area contributed by atoms with Crippen LogP contribution in [-0.4, -0.2) is 20.8 Å². The van der Waals surface area contributed by atoms with E-state index in [9.17, 15) is 22.0 Å². The zero-order chi connectivity index (χ0) is 18.8. The van der Waals surface area contributed by atoms with Crippen molar-refractivity contribution in [1.29, 1.82) is 0 Å². The van der Waals surface area contributed by atoms with E-state index in [-0.39, 0.29) is 32.8 Å². The molecule has 0 saturated carbocycles. The molecular weight excluding hydrogens is 378 g/mol. The highest BCUT2D eigenvalue weighted by Gasteiger charge is 2.22. The molecule has 0 spiro atoms. The van der Waals surface area contributed by atoms with E-state index < -0.39 is 16.7 Å². The summed E-state index contributed by atoms with van der Waals surface area (Å²) in [6, 6.07) is 7.44. The third-order valence-corrected chi connectivity index (χ3v) is 4.65. The highest BCUT2D eigenvalue weighted by molar-refractivity contribution is 7.87. The van der Waals surface area contributed by atoms with Gasteiger partial charge in [-0.25, -0.2) is 0 Å². The molecule has 0 unspecified atom stereocenters. The van der Waals surface area contributed by atoms with E-state index in [0.29, 0.717) is 5.56 Å². The van der Waals surface area contributed by atoms with Crippen molar-refractivity contribution in [2.75, 3.05) is 0 Å². The Morgan fingerprint density at radius 1 is 1.12 bits per heavy atom. The molecule has 0 heterocycles. The van der Waals surface area contributed by atoms with E-state index in [4.69, 9.17) is 15.8 Å². The SMILES string of the molecule is CC(=O)c1ccc(C)cc1OS(=O)(=O)c1ccc(OC(F)F)c(Cl)c1. The van der Waals surface area contributed by atoms with Crippen LogP contribution in [0.3, 0.4) is 0 Å². The van der Waals surface area contributed by atoms with Crippen molar-refractivity contribution in [3.63, 3.8) is 0 Å². The van der Waals surface area contributed by atoms with E-state index in [1.807, 2.05) is 0 Å². The summed E-state index contributed by atoms with van der Waals surface area (Å²) >= 11 is 5.76. The minimum Gasteiger partial charge on any atom is -0.433 e. The first-order chi connectivity index (χ1) is 11.6. The van der Waals surface area contributed by atoms with Gasteiger partial charge in [-0.3, -0.25) is 4.79 Å². The van der Waals surface area contributed by atoms with Gasteiger partial charge in [-0.05, 0) is 49.7 Å². The molecule has 0 saturated heterocycles. The van der Waals surface area contributed by atoms with E-state index in [1.165, 1.54) is 19.1 Å². The minimum atomic E-state index is -4.33. The van der Waals surface area contributed by atoms with Crippen LogP contribution in [0.5, 0.6) is 11.5 Å². The van der Waals surface area contributed by atoms with Crippen molar-refractivity contribution in [3.05, 3.63) is 52.5 Å². The van der Waals surface area contributed by atoms with Crippen LogP contribution in [-0.2, 0) is 10.1 Å². The second-order valence-electron chi connectivity index (χ2n) is 5.06. The fourth-order valence-electron chi connectivity index (χ4n) is 1.98. The number of hydrogen-bond donors (Lipinski definition) is 0. The Morgan fingerprint density at radius 3 is 2.36 bits per heavy atom. The minimum absolute atomic E-state index is 0.0953. The average Bonchev–Trinajstić information content (AvgIpc) is 2.48. The maximum atomic E-state index is 12.4. The van der Waals surface area contributed by atoms with Gasteiger partial charge in [0.15, 0.2) is 11.5 Å². The smallest absolute Gasteiger partial charge is 0.387 e. The summed E-state index contributed by atoms with van der Waals surface area (Å²) in [7, 11) is -4.33. The number of ether oxygens (including phenoxy) is 1. The van der Waals surface area contributed by atoms with Crippen molar-refractivity contribution < 1.29 is 30.9 Å². The molecule has 134 valence electrons. The van der Waals surface area contributed by atoms with Gasteiger partial charge in [0.2, 0.25) is 0 Å². The molecule has 2 rings (SSSR count). The van der Waals surface area contributed by atoms with Gasteiger partial charge in [0, 0.05) is 0 Å². The van der Waals surface area contributed by atoms with Crippen molar-refractivity contribution in [2.24, 2.45) is 0 Å². The zero-order valence-corrected chi connectivity index (χ0v) is 14.7. The molecule has 9 heteroatoms. The quantitative estimate of drug-likeness (QED) is 0.545. The fourth-order valence-corrected chi connectivity index (χ4v) is 3.24. The van der Waals surface area contributed by atoms with Crippen LogP contribution in [0.2, 0.25) is 5.02 Å². The molecule has 2 aromatic rings. The van der Waals surface area contributed by atoms with Crippen LogP contribution < -0.4 is 8.92 Å². The number of aryl methyl sites for hydroxylation is 1. The molecule has 0 fully saturated rings. The van der Waals surface area contributed by atoms with Crippen molar-refractivity contribution >= 4 is 27.5 Å². The molecule has 0 N–H and O–H groups in total. The molecule has 0 bridgehead atoms. The Morgan fingerprint density at radius 2 is 1.80 bits per heavy atom. The first kappa shape index (κ1) is 19.1. The highest BCUT2D eigenvalue weighted by atomic mass is 35.5. The molecule has 0 aliphatic carbocycles. The number of carbonyl (C=O) groups is 1. The van der Waals surface area contributed by atoms with Crippen LogP contribution in [0.15, 0.2) is 41.3 Å². The van der Waals surface area contributed by atoms with Crippen LogP contribution in [0.1, 0.15) is 22.8 Å². The number of alkyl halides is 2. The van der Waals surface area contributed by atoms with E-state index in [1.54, 1.807) is 13.0 Å². The predicted molar refractivity (Wildman–Crippen MR) is 87.1 cm³/mol. The number of rotatable bonds is 6. The maximum absolute atomic E-state index is 12.4. The molecule has 5 nitrogen and oxygen atoms in total. The molecule has 0 aliphatic rings. The monoisotopic (exact) mass is 390 g/mol. The summed E-state index contributed by atoms with van der Waals surface area (Å²) in [6.45, 7) is -0.115. The summed E-state index contributed by atoms with van der Waals surface area (Å²) in [5, 5.41) is -0.319. The van der Waals surface area contributed by atoms with Crippen LogP contribution in [0.4, 0.5) is 8.78 Å². The van der Waals surface area contributed by atoms with Crippen LogP contribution >= 0.6 is 11.6 Å². The number of ketones is 1. The Bertz CT molecular complexity index is 913. The van der Waals surface area contributed by atoms with Crippen molar-refractivity contribution in [2.45, 2.75) is 25.4 Å². The standard InChI is InChI=1S/C16H13ClF2O5S/c1-9-3-5-12(10(2)20)15(7-9)24-25(21,22)11-4-6-14(13(17)8-11)23-16(18)19/h3-8,16H,1-2H3. The van der Waals surface area contributed by atoms with Crippen molar-refractivity contribution in [1.82, 2.24) is 0 Å². The lowest BCUT2D eigenvalue weighted by atomic mass is 10.1. The molecule has 0 amide bonds. The highest BCUT2D eigenvalue weighted by Crippen LogP contribution is 2.31. The Hall–Kier alpha value is -2.19. The first-order valence-corrected chi connectivity index (χ1v) is 8.69. The average molecular weight is 391 g/mol. The largest absolute Gasteiger partial charge is 0.433 e. The Balaban J connectivity index is 2.39. The number of Topliss-reactive ketones (excluding diaryl/α,β-unsaturated/α-hetero) is 1. The number of carbonyl (C=O) groups excluding carboxylic acids is 1. The molecule has 0 aliphatic heterocycles. The molecule has 25 heavy (non-hydrogen) atoms. The molecule has 0 aromatic heterocycles. The van der Waals surface area contributed by atoms with Gasteiger partial charge >= 0.3 is 16.7 Å².